The molecule has 6 heteroatoms. The molecule has 1 aliphatic carbocycles. The minimum absolute atomic E-state index is 0. The van der Waals surface area contributed by atoms with Gasteiger partial charge in [-0.15, -0.1) is 24.8 Å². The number of rotatable bonds is 4. The summed E-state index contributed by atoms with van der Waals surface area (Å²) in [6.45, 7) is 4.50. The van der Waals surface area contributed by atoms with Crippen molar-refractivity contribution in [3.8, 4) is 5.88 Å². The first-order chi connectivity index (χ1) is 9.38. The standard InChI is InChI=1S/C15H23N3O.2ClH/c1-19-14-6-5-13(11-17-14)15(12-3-2-4-12)18-9-7-16-8-10-18;;/h5-6,11-12,15-16H,2-4,7-10H2,1H3;2*1H/t15-;;/m0../s1. The molecule has 21 heavy (non-hydrogen) atoms. The molecule has 0 spiro atoms. The molecule has 1 aromatic rings. The summed E-state index contributed by atoms with van der Waals surface area (Å²) in [6, 6.07) is 4.73. The van der Waals surface area contributed by atoms with E-state index in [2.05, 4.69) is 21.3 Å². The second-order valence-electron chi connectivity index (χ2n) is 5.56. The summed E-state index contributed by atoms with van der Waals surface area (Å²) in [5.74, 6) is 1.52. The third kappa shape index (κ3) is 4.22. The van der Waals surface area contributed by atoms with Crippen molar-refractivity contribution in [1.29, 1.82) is 0 Å². The highest BCUT2D eigenvalue weighted by atomic mass is 35.5. The van der Waals surface area contributed by atoms with E-state index < -0.39 is 0 Å². The average molecular weight is 334 g/mol. The molecule has 1 saturated carbocycles. The van der Waals surface area contributed by atoms with Crippen LogP contribution in [0.15, 0.2) is 18.3 Å². The van der Waals surface area contributed by atoms with E-state index in [0.29, 0.717) is 11.9 Å². The van der Waals surface area contributed by atoms with Gasteiger partial charge in [0.1, 0.15) is 0 Å². The highest BCUT2D eigenvalue weighted by molar-refractivity contribution is 5.85. The second-order valence-corrected chi connectivity index (χ2v) is 5.56. The lowest BCUT2D eigenvalue weighted by Gasteiger charge is -2.43. The van der Waals surface area contributed by atoms with Gasteiger partial charge in [-0.2, -0.15) is 0 Å². The fraction of sp³-hybridized carbons (Fsp3) is 0.667. The van der Waals surface area contributed by atoms with Crippen LogP contribution in [0.4, 0.5) is 0 Å². The molecule has 120 valence electrons. The highest BCUT2D eigenvalue weighted by Gasteiger charge is 2.33. The lowest BCUT2D eigenvalue weighted by Crippen LogP contribution is -2.47. The Balaban J connectivity index is 0.00000110. The molecule has 1 atom stereocenters. The Kier molecular flexibility index (Phi) is 7.74. The molecule has 1 N–H and O–H groups in total. The van der Waals surface area contributed by atoms with E-state index in [-0.39, 0.29) is 24.8 Å². The summed E-state index contributed by atoms with van der Waals surface area (Å²) in [5.41, 5.74) is 1.35. The predicted molar refractivity (Wildman–Crippen MR) is 89.8 cm³/mol. The van der Waals surface area contributed by atoms with Gasteiger partial charge in [0.05, 0.1) is 7.11 Å². The molecule has 1 aliphatic heterocycles. The van der Waals surface area contributed by atoms with Gasteiger partial charge in [-0.25, -0.2) is 4.98 Å². The first-order valence-electron chi connectivity index (χ1n) is 7.33. The molecule has 1 aromatic heterocycles. The first-order valence-corrected chi connectivity index (χ1v) is 7.33. The molecule has 4 nitrogen and oxygen atoms in total. The number of nitrogens with one attached hydrogen (secondary N) is 1. The number of pyridine rings is 1. The maximum atomic E-state index is 5.16. The van der Waals surface area contributed by atoms with Crippen LogP contribution in [0.5, 0.6) is 5.88 Å². The van der Waals surface area contributed by atoms with Gasteiger partial charge in [0, 0.05) is 44.5 Å². The predicted octanol–water partition coefficient (Wildman–Crippen LogP) is 2.68. The van der Waals surface area contributed by atoms with Crippen LogP contribution in [-0.2, 0) is 0 Å². The van der Waals surface area contributed by atoms with Gasteiger partial charge in [-0.05, 0) is 24.3 Å². The van der Waals surface area contributed by atoms with Crippen LogP contribution < -0.4 is 10.1 Å². The minimum atomic E-state index is 0. The number of methoxy groups -OCH3 is 1. The summed E-state index contributed by atoms with van der Waals surface area (Å²) in [7, 11) is 1.67. The van der Waals surface area contributed by atoms with Crippen LogP contribution in [0.25, 0.3) is 0 Å². The Morgan fingerprint density at radius 2 is 1.95 bits per heavy atom. The van der Waals surface area contributed by atoms with Crippen molar-refractivity contribution in [3.05, 3.63) is 23.9 Å². The number of hydrogen-bond acceptors (Lipinski definition) is 4. The van der Waals surface area contributed by atoms with Crippen molar-refractivity contribution < 1.29 is 4.74 Å². The number of halogens is 2. The summed E-state index contributed by atoms with van der Waals surface area (Å²) < 4.78 is 5.16. The van der Waals surface area contributed by atoms with Gasteiger partial charge in [0.2, 0.25) is 5.88 Å². The summed E-state index contributed by atoms with van der Waals surface area (Å²) in [4.78, 5) is 7.02. The Hall–Kier alpha value is -0.550. The molecular formula is C15H25Cl2N3O. The van der Waals surface area contributed by atoms with Gasteiger partial charge >= 0.3 is 0 Å². The van der Waals surface area contributed by atoms with E-state index in [0.717, 1.165) is 32.1 Å². The number of hydrogen-bond donors (Lipinski definition) is 1. The molecule has 2 heterocycles. The topological polar surface area (TPSA) is 37.4 Å². The van der Waals surface area contributed by atoms with E-state index in [4.69, 9.17) is 4.74 Å². The maximum absolute atomic E-state index is 5.16. The van der Waals surface area contributed by atoms with Gasteiger partial charge in [-0.3, -0.25) is 4.90 Å². The third-order valence-electron chi connectivity index (χ3n) is 4.45. The Morgan fingerprint density at radius 3 is 2.43 bits per heavy atom. The van der Waals surface area contributed by atoms with Gasteiger partial charge in [0.25, 0.3) is 0 Å². The van der Waals surface area contributed by atoms with Crippen molar-refractivity contribution in [1.82, 2.24) is 15.2 Å². The maximum Gasteiger partial charge on any atom is 0.212 e. The minimum Gasteiger partial charge on any atom is -0.481 e. The van der Waals surface area contributed by atoms with Gasteiger partial charge in [-0.1, -0.05) is 12.5 Å². The SMILES string of the molecule is COc1ccc([C@H](C2CCC2)N2CCNCC2)cn1.Cl.Cl. The number of ether oxygens (including phenoxy) is 1. The van der Waals surface area contributed by atoms with E-state index in [9.17, 15) is 0 Å². The van der Waals surface area contributed by atoms with Crippen LogP contribution in [0.3, 0.4) is 0 Å². The Morgan fingerprint density at radius 1 is 1.24 bits per heavy atom. The van der Waals surface area contributed by atoms with Gasteiger partial charge < -0.3 is 10.1 Å². The van der Waals surface area contributed by atoms with Crippen LogP contribution in [0.1, 0.15) is 30.9 Å². The summed E-state index contributed by atoms with van der Waals surface area (Å²) in [5, 5.41) is 3.44. The number of piperazine rings is 1. The molecule has 3 rings (SSSR count). The molecule has 0 radical (unpaired) electrons. The zero-order chi connectivity index (χ0) is 13.1. The van der Waals surface area contributed by atoms with Crippen molar-refractivity contribution in [3.63, 3.8) is 0 Å². The van der Waals surface area contributed by atoms with Gasteiger partial charge in [0.15, 0.2) is 0 Å². The molecule has 2 fully saturated rings. The smallest absolute Gasteiger partial charge is 0.212 e. The van der Waals surface area contributed by atoms with E-state index in [1.165, 1.54) is 24.8 Å². The normalized spacial score (nSPS) is 20.6. The third-order valence-corrected chi connectivity index (χ3v) is 4.45. The van der Waals surface area contributed by atoms with Crippen molar-refractivity contribution in [2.24, 2.45) is 5.92 Å². The molecule has 1 saturated heterocycles. The number of nitrogens with zero attached hydrogens (tertiary/aromatic N) is 2. The Labute approximate surface area is 139 Å². The molecule has 0 aromatic carbocycles. The molecule has 2 aliphatic rings. The molecule has 0 unspecified atom stereocenters. The van der Waals surface area contributed by atoms with E-state index >= 15 is 0 Å². The van der Waals surface area contributed by atoms with E-state index in [1.807, 2.05) is 12.3 Å². The average Bonchev–Trinajstić information content (AvgIpc) is 2.44. The van der Waals surface area contributed by atoms with Crippen molar-refractivity contribution in [2.75, 3.05) is 33.3 Å². The summed E-state index contributed by atoms with van der Waals surface area (Å²) >= 11 is 0. The van der Waals surface area contributed by atoms with Crippen molar-refractivity contribution >= 4 is 24.8 Å². The van der Waals surface area contributed by atoms with E-state index in [1.54, 1.807) is 7.11 Å². The zero-order valence-corrected chi connectivity index (χ0v) is 14.1. The van der Waals surface area contributed by atoms with Crippen LogP contribution >= 0.6 is 24.8 Å². The lowest BCUT2D eigenvalue weighted by molar-refractivity contribution is 0.0834. The number of aromatic nitrogens is 1. The quantitative estimate of drug-likeness (QED) is 0.919. The second kappa shape index (κ2) is 8.79. The van der Waals surface area contributed by atoms with Crippen LogP contribution in [0, 0.1) is 5.92 Å². The fourth-order valence-corrected chi connectivity index (χ4v) is 3.18. The van der Waals surface area contributed by atoms with Crippen molar-refractivity contribution in [2.45, 2.75) is 25.3 Å². The fourth-order valence-electron chi connectivity index (χ4n) is 3.18. The molecular weight excluding hydrogens is 309 g/mol. The molecule has 0 bridgehead atoms. The first kappa shape index (κ1) is 18.5. The monoisotopic (exact) mass is 333 g/mol. The summed E-state index contributed by atoms with van der Waals surface area (Å²) in [6.07, 6.45) is 6.11. The van der Waals surface area contributed by atoms with Crippen LogP contribution in [0.2, 0.25) is 0 Å². The van der Waals surface area contributed by atoms with Crippen LogP contribution in [-0.4, -0.2) is 43.2 Å². The highest BCUT2D eigenvalue weighted by Crippen LogP contribution is 2.41. The largest absolute Gasteiger partial charge is 0.481 e. The molecule has 0 amide bonds. The lowest BCUT2D eigenvalue weighted by atomic mass is 9.76. The zero-order valence-electron chi connectivity index (χ0n) is 12.5. The Bertz CT molecular complexity index is 406.